The Balaban J connectivity index is 1.58. The van der Waals surface area contributed by atoms with Gasteiger partial charge in [0.1, 0.15) is 12.0 Å². The van der Waals surface area contributed by atoms with Gasteiger partial charge in [-0.15, -0.1) is 0 Å². The van der Waals surface area contributed by atoms with Gasteiger partial charge in [-0.3, -0.25) is 20.3 Å². The first kappa shape index (κ1) is 23.6. The van der Waals surface area contributed by atoms with Gasteiger partial charge in [0, 0.05) is 17.7 Å². The topological polar surface area (TPSA) is 146 Å². The Kier molecular flexibility index (Phi) is 5.81. The van der Waals surface area contributed by atoms with E-state index in [1.807, 2.05) is 60.7 Å². The zero-order valence-corrected chi connectivity index (χ0v) is 20.5. The quantitative estimate of drug-likeness (QED) is 0.269. The fourth-order valence-corrected chi connectivity index (χ4v) is 4.16. The van der Waals surface area contributed by atoms with Crippen LogP contribution in [-0.4, -0.2) is 34.3 Å². The van der Waals surface area contributed by atoms with E-state index in [0.29, 0.717) is 28.1 Å². The number of nitro benzene ring substituents is 1. The first-order valence-electron chi connectivity index (χ1n) is 11.8. The number of nitro groups is 1. The third-order valence-corrected chi connectivity index (χ3v) is 6.02. The number of aryl methyl sites for hydroxylation is 1. The largest absolute Gasteiger partial charge is 0.301 e. The second-order valence-corrected chi connectivity index (χ2v) is 8.55. The van der Waals surface area contributed by atoms with Crippen molar-refractivity contribution in [1.29, 1.82) is 0 Å². The summed E-state index contributed by atoms with van der Waals surface area (Å²) in [6.07, 6.45) is 1.49. The van der Waals surface area contributed by atoms with E-state index in [0.717, 1.165) is 11.3 Å². The number of rotatable bonds is 5. The van der Waals surface area contributed by atoms with Crippen molar-refractivity contribution in [2.75, 3.05) is 5.43 Å². The molecule has 0 fully saturated rings. The normalized spacial score (nSPS) is 11.7. The second kappa shape index (κ2) is 9.59. The summed E-state index contributed by atoms with van der Waals surface area (Å²) < 4.78 is 3.15. The smallest absolute Gasteiger partial charge is 0.278 e. The fourth-order valence-electron chi connectivity index (χ4n) is 4.16. The zero-order chi connectivity index (χ0) is 26.9. The van der Waals surface area contributed by atoms with Crippen LogP contribution in [0.5, 0.6) is 0 Å². The molecule has 0 unspecified atom stereocenters. The Morgan fingerprint density at radius 1 is 0.897 bits per heavy atom. The van der Waals surface area contributed by atoms with Gasteiger partial charge in [-0.2, -0.15) is 20.3 Å². The second-order valence-electron chi connectivity index (χ2n) is 8.55. The summed E-state index contributed by atoms with van der Waals surface area (Å²) in [4.78, 5) is 32.8. The molecule has 12 heteroatoms. The average Bonchev–Trinajstić information content (AvgIpc) is 3.30. The summed E-state index contributed by atoms with van der Waals surface area (Å²) in [5.41, 5.74) is 5.86. The number of nitrogens with zero attached hydrogens (tertiary/aromatic N) is 8. The summed E-state index contributed by atoms with van der Waals surface area (Å²) in [7, 11) is 0. The first-order chi connectivity index (χ1) is 19.0. The van der Waals surface area contributed by atoms with Crippen LogP contribution in [0.1, 0.15) is 5.69 Å². The van der Waals surface area contributed by atoms with Crippen molar-refractivity contribution in [3.05, 3.63) is 123 Å². The van der Waals surface area contributed by atoms with Crippen molar-refractivity contribution in [3.8, 4) is 16.9 Å². The molecule has 0 aliphatic rings. The molecule has 0 aliphatic carbocycles. The van der Waals surface area contributed by atoms with Crippen molar-refractivity contribution >= 4 is 28.1 Å². The minimum Gasteiger partial charge on any atom is -0.278 e. The zero-order valence-electron chi connectivity index (χ0n) is 20.5. The SMILES string of the molecule is Cc1nn2cnc3c(c(-c4ccccc4)nn3-c3ccccc3)c2nc(=O)/c1=N\Nc1ccc([N+](=O)[O-])cc1. The molecular formula is C27H19N9O3. The van der Waals surface area contributed by atoms with E-state index in [2.05, 4.69) is 25.6 Å². The van der Waals surface area contributed by atoms with Crippen molar-refractivity contribution in [3.63, 3.8) is 0 Å². The summed E-state index contributed by atoms with van der Waals surface area (Å²) in [5, 5.41) is 25.1. The lowest BCUT2D eigenvalue weighted by atomic mass is 10.1. The molecule has 6 rings (SSSR count). The number of hydrogen-bond acceptors (Lipinski definition) is 9. The summed E-state index contributed by atoms with van der Waals surface area (Å²) in [6, 6.07) is 24.8. The van der Waals surface area contributed by atoms with Crippen LogP contribution in [0.25, 0.3) is 33.6 Å². The van der Waals surface area contributed by atoms with Crippen LogP contribution in [-0.2, 0) is 0 Å². The monoisotopic (exact) mass is 517 g/mol. The van der Waals surface area contributed by atoms with Crippen LogP contribution in [0, 0.1) is 17.0 Å². The van der Waals surface area contributed by atoms with Gasteiger partial charge >= 0.3 is 5.56 Å². The Labute approximate surface area is 219 Å². The van der Waals surface area contributed by atoms with Gasteiger partial charge in [-0.1, -0.05) is 48.5 Å². The van der Waals surface area contributed by atoms with E-state index in [-0.39, 0.29) is 16.7 Å². The van der Waals surface area contributed by atoms with Crippen LogP contribution in [0.4, 0.5) is 11.4 Å². The Hall–Kier alpha value is -5.78. The van der Waals surface area contributed by atoms with Crippen LogP contribution in [0.2, 0.25) is 0 Å². The van der Waals surface area contributed by atoms with Crippen LogP contribution in [0.3, 0.4) is 0 Å². The first-order valence-corrected chi connectivity index (χ1v) is 11.8. The van der Waals surface area contributed by atoms with E-state index in [1.165, 1.54) is 35.1 Å². The van der Waals surface area contributed by atoms with Crippen molar-refractivity contribution in [2.45, 2.75) is 6.92 Å². The van der Waals surface area contributed by atoms with Gasteiger partial charge < -0.3 is 0 Å². The Morgan fingerprint density at radius 3 is 2.28 bits per heavy atom. The predicted molar refractivity (Wildman–Crippen MR) is 144 cm³/mol. The van der Waals surface area contributed by atoms with E-state index < -0.39 is 10.5 Å². The molecular weight excluding hydrogens is 498 g/mol. The highest BCUT2D eigenvalue weighted by molar-refractivity contribution is 6.01. The molecule has 0 amide bonds. The molecule has 0 saturated heterocycles. The van der Waals surface area contributed by atoms with Crippen molar-refractivity contribution < 1.29 is 4.92 Å². The summed E-state index contributed by atoms with van der Waals surface area (Å²) in [5.74, 6) is 0. The van der Waals surface area contributed by atoms with Gasteiger partial charge in [0.05, 0.1) is 27.4 Å². The molecule has 190 valence electrons. The minimum atomic E-state index is -0.615. The lowest BCUT2D eigenvalue weighted by Crippen LogP contribution is -2.29. The number of aromatic nitrogens is 6. The van der Waals surface area contributed by atoms with E-state index in [4.69, 9.17) is 5.10 Å². The van der Waals surface area contributed by atoms with Gasteiger partial charge in [-0.05, 0) is 31.2 Å². The van der Waals surface area contributed by atoms with Gasteiger partial charge in [-0.25, -0.2) is 14.2 Å². The molecule has 3 aromatic heterocycles. The summed E-state index contributed by atoms with van der Waals surface area (Å²) in [6.45, 7) is 1.64. The highest BCUT2D eigenvalue weighted by Crippen LogP contribution is 2.30. The summed E-state index contributed by atoms with van der Waals surface area (Å²) >= 11 is 0. The molecule has 0 radical (unpaired) electrons. The third kappa shape index (κ3) is 4.35. The molecule has 1 N–H and O–H groups in total. The highest BCUT2D eigenvalue weighted by atomic mass is 16.6. The third-order valence-electron chi connectivity index (χ3n) is 6.02. The minimum absolute atomic E-state index is 0.0121. The number of fused-ring (bicyclic) bond motifs is 3. The molecule has 0 aliphatic heterocycles. The predicted octanol–water partition coefficient (Wildman–Crippen LogP) is 3.63. The lowest BCUT2D eigenvalue weighted by molar-refractivity contribution is -0.384. The van der Waals surface area contributed by atoms with Crippen LogP contribution in [0.15, 0.2) is 101 Å². The maximum Gasteiger partial charge on any atom is 0.301 e. The molecule has 0 spiro atoms. The molecule has 3 aromatic carbocycles. The molecule has 6 aromatic rings. The van der Waals surface area contributed by atoms with Crippen molar-refractivity contribution in [2.24, 2.45) is 5.10 Å². The lowest BCUT2D eigenvalue weighted by Gasteiger charge is -2.02. The number of para-hydroxylation sites is 1. The van der Waals surface area contributed by atoms with E-state index in [1.54, 1.807) is 11.6 Å². The molecule has 39 heavy (non-hydrogen) atoms. The van der Waals surface area contributed by atoms with E-state index in [9.17, 15) is 14.9 Å². The van der Waals surface area contributed by atoms with E-state index >= 15 is 0 Å². The van der Waals surface area contributed by atoms with Gasteiger partial charge in [0.2, 0.25) is 0 Å². The standard InChI is InChI=1S/C27H19N9O3/c1-17-23(31-30-19-12-14-21(15-13-19)36(38)39)27(37)29-26-22-24(18-8-4-2-5-9-18)33-35(20-10-6-3-7-11-20)25(22)28-16-34(26)32-17/h2-16,30H,1H3/b31-23-. The van der Waals surface area contributed by atoms with Crippen LogP contribution >= 0.6 is 0 Å². The van der Waals surface area contributed by atoms with Gasteiger partial charge in [0.25, 0.3) is 5.69 Å². The van der Waals surface area contributed by atoms with Crippen molar-refractivity contribution in [1.82, 2.24) is 29.4 Å². The van der Waals surface area contributed by atoms with Gasteiger partial charge in [0.15, 0.2) is 16.7 Å². The molecule has 0 bridgehead atoms. The number of non-ortho nitro benzene ring substituents is 1. The average molecular weight is 518 g/mol. The number of benzene rings is 3. The Bertz CT molecular complexity index is 1990. The molecule has 3 heterocycles. The molecule has 0 atom stereocenters. The number of anilines is 1. The Morgan fingerprint density at radius 2 is 1.59 bits per heavy atom. The van der Waals surface area contributed by atoms with Crippen LogP contribution < -0.4 is 16.3 Å². The molecule has 12 nitrogen and oxygen atoms in total. The number of hydrogen-bond donors (Lipinski definition) is 1. The molecule has 0 saturated carbocycles. The maximum absolute atomic E-state index is 13.4. The fraction of sp³-hybridized carbons (Fsp3) is 0.0370. The number of nitrogens with one attached hydrogen (secondary N) is 1. The highest BCUT2D eigenvalue weighted by Gasteiger charge is 2.19. The maximum atomic E-state index is 13.4.